The number of nitrogens with zero attached hydrogens (tertiary/aromatic N) is 3. The van der Waals surface area contributed by atoms with Gasteiger partial charge in [-0.2, -0.15) is 0 Å². The van der Waals surface area contributed by atoms with Crippen LogP contribution >= 0.6 is 22.6 Å². The largest absolute Gasteiger partial charge is 0.378 e. The number of benzene rings is 2. The summed E-state index contributed by atoms with van der Waals surface area (Å²) in [4.78, 5) is 56.6. The van der Waals surface area contributed by atoms with Crippen molar-refractivity contribution in [2.24, 2.45) is 7.05 Å². The van der Waals surface area contributed by atoms with Crippen LogP contribution in [0.2, 0.25) is 0 Å². The van der Waals surface area contributed by atoms with Crippen LogP contribution in [0.3, 0.4) is 0 Å². The summed E-state index contributed by atoms with van der Waals surface area (Å²) in [7, 11) is 1.46. The topological polar surface area (TPSA) is 118 Å². The van der Waals surface area contributed by atoms with Crippen LogP contribution in [0.4, 0.5) is 15.9 Å². The van der Waals surface area contributed by atoms with Gasteiger partial charge in [0.05, 0.1) is 30.1 Å². The number of morpholine rings is 1. The van der Waals surface area contributed by atoms with Crippen LogP contribution in [0.5, 0.6) is 0 Å². The van der Waals surface area contributed by atoms with Crippen LogP contribution in [0, 0.1) is 16.3 Å². The first kappa shape index (κ1) is 25.9. The van der Waals surface area contributed by atoms with Crippen molar-refractivity contribution in [2.75, 3.05) is 31.6 Å². The molecule has 1 aliphatic heterocycles. The molecule has 12 heteroatoms. The fraction of sp³-hybridized carbons (Fsp3) is 0.231. The second-order valence-corrected chi connectivity index (χ2v) is 10.1. The third-order valence-electron chi connectivity index (χ3n) is 6.50. The quantitative estimate of drug-likeness (QED) is 0.335. The monoisotopic (exact) mass is 631 g/mol. The van der Waals surface area contributed by atoms with Crippen LogP contribution in [0.25, 0.3) is 16.6 Å². The minimum atomic E-state index is -0.777. The highest BCUT2D eigenvalue weighted by Crippen LogP contribution is 2.27. The summed E-state index contributed by atoms with van der Waals surface area (Å²) in [6.07, 6.45) is 0. The van der Waals surface area contributed by atoms with Crippen molar-refractivity contribution in [2.45, 2.75) is 6.92 Å². The van der Waals surface area contributed by atoms with Crippen molar-refractivity contribution in [1.82, 2.24) is 19.0 Å². The lowest BCUT2D eigenvalue weighted by atomic mass is 10.1. The molecule has 0 spiro atoms. The molecule has 2 N–H and O–H groups in total. The third-order valence-corrected chi connectivity index (χ3v) is 7.17. The zero-order valence-corrected chi connectivity index (χ0v) is 22.7. The molecule has 4 aromatic rings. The molecule has 10 nitrogen and oxygen atoms in total. The van der Waals surface area contributed by atoms with Crippen molar-refractivity contribution in [3.63, 3.8) is 0 Å². The fourth-order valence-electron chi connectivity index (χ4n) is 4.57. The number of rotatable bonds is 4. The van der Waals surface area contributed by atoms with E-state index < -0.39 is 22.6 Å². The summed E-state index contributed by atoms with van der Waals surface area (Å²) in [5, 5.41) is 2.86. The van der Waals surface area contributed by atoms with Gasteiger partial charge in [0, 0.05) is 34.8 Å². The summed E-state index contributed by atoms with van der Waals surface area (Å²) in [5.41, 5.74) is -1.11. The van der Waals surface area contributed by atoms with Crippen molar-refractivity contribution in [3.8, 4) is 5.69 Å². The van der Waals surface area contributed by atoms with Gasteiger partial charge < -0.3 is 15.0 Å². The Labute approximate surface area is 228 Å². The van der Waals surface area contributed by atoms with E-state index in [0.29, 0.717) is 35.4 Å². The number of aryl methyl sites for hydroxylation is 1. The van der Waals surface area contributed by atoms with Crippen molar-refractivity contribution < 1.29 is 13.9 Å². The lowest BCUT2D eigenvalue weighted by molar-refractivity contribution is 0.0303. The van der Waals surface area contributed by atoms with Gasteiger partial charge in [-0.1, -0.05) is 6.07 Å². The Morgan fingerprint density at radius 1 is 1.11 bits per heavy atom. The lowest BCUT2D eigenvalue weighted by Gasteiger charge is -2.27. The van der Waals surface area contributed by atoms with E-state index in [2.05, 4.69) is 10.3 Å². The molecule has 1 aliphatic rings. The van der Waals surface area contributed by atoms with E-state index >= 15 is 0 Å². The number of fused-ring (bicyclic) bond motifs is 1. The van der Waals surface area contributed by atoms with E-state index in [9.17, 15) is 23.6 Å². The molecular weight excluding hydrogens is 608 g/mol. The minimum absolute atomic E-state index is 0.00735. The Morgan fingerprint density at radius 2 is 1.84 bits per heavy atom. The number of ether oxygens (including phenoxy) is 1. The summed E-state index contributed by atoms with van der Waals surface area (Å²) in [5.74, 6) is -0.774. The zero-order chi connectivity index (χ0) is 27.1. The molecule has 2 aromatic heterocycles. The molecule has 1 fully saturated rings. The molecule has 0 radical (unpaired) electrons. The van der Waals surface area contributed by atoms with Crippen molar-refractivity contribution >= 4 is 50.9 Å². The Balaban J connectivity index is 1.74. The Kier molecular flexibility index (Phi) is 6.92. The number of anilines is 2. The van der Waals surface area contributed by atoms with Crippen LogP contribution in [-0.2, 0) is 11.8 Å². The predicted molar refractivity (Wildman–Crippen MR) is 149 cm³/mol. The standard InChI is InChI=1S/C26H23FIN5O5/c1-14-21-20(22(31(2)24(14)35)29-19-7-6-16(28)13-18(19)27)23(34)30-26(37)33(21)17-5-3-4-15(12-17)25(36)32-8-10-38-11-9-32/h3-7,12-13,29H,8-11H2,1-2H3,(H,30,34,37). The maximum absolute atomic E-state index is 14.7. The molecular formula is C26H23FIN5O5. The molecule has 38 heavy (non-hydrogen) atoms. The van der Waals surface area contributed by atoms with E-state index in [0.717, 1.165) is 0 Å². The molecule has 0 saturated carbocycles. The van der Waals surface area contributed by atoms with Gasteiger partial charge in [-0.05, 0) is 65.9 Å². The SMILES string of the molecule is Cc1c(=O)n(C)c(Nc2ccc(I)cc2F)c2c(=O)[nH]c(=O)n(-c3cccc(C(=O)N4CCOCC4)c3)c12. The van der Waals surface area contributed by atoms with Crippen molar-refractivity contribution in [1.29, 1.82) is 0 Å². The molecule has 1 saturated heterocycles. The first-order valence-corrected chi connectivity index (χ1v) is 12.8. The number of pyridine rings is 1. The van der Waals surface area contributed by atoms with Gasteiger partial charge in [0.15, 0.2) is 0 Å². The molecule has 0 atom stereocenters. The summed E-state index contributed by atoms with van der Waals surface area (Å²) >= 11 is 1.98. The summed E-state index contributed by atoms with van der Waals surface area (Å²) in [6.45, 7) is 3.29. The number of hydrogen-bond acceptors (Lipinski definition) is 6. The third kappa shape index (κ3) is 4.53. The first-order valence-electron chi connectivity index (χ1n) is 11.8. The van der Waals surface area contributed by atoms with Gasteiger partial charge >= 0.3 is 5.69 Å². The van der Waals surface area contributed by atoms with Gasteiger partial charge in [-0.25, -0.2) is 9.18 Å². The summed E-state index contributed by atoms with van der Waals surface area (Å²) < 4.78 is 23.1. The van der Waals surface area contributed by atoms with Crippen LogP contribution in [0.1, 0.15) is 15.9 Å². The van der Waals surface area contributed by atoms with E-state index in [1.165, 1.54) is 35.2 Å². The molecule has 0 unspecified atom stereocenters. The molecule has 5 rings (SSSR count). The number of halogens is 2. The van der Waals surface area contributed by atoms with Gasteiger partial charge in [0.25, 0.3) is 17.0 Å². The average molecular weight is 631 g/mol. The van der Waals surface area contributed by atoms with Crippen LogP contribution in [-0.4, -0.2) is 51.2 Å². The zero-order valence-electron chi connectivity index (χ0n) is 20.5. The highest BCUT2D eigenvalue weighted by molar-refractivity contribution is 14.1. The lowest BCUT2D eigenvalue weighted by Crippen LogP contribution is -2.40. The minimum Gasteiger partial charge on any atom is -0.378 e. The number of nitrogens with one attached hydrogen (secondary N) is 2. The fourth-order valence-corrected chi connectivity index (χ4v) is 5.02. The van der Waals surface area contributed by atoms with E-state index in [-0.39, 0.29) is 39.6 Å². The Bertz CT molecular complexity index is 1770. The van der Waals surface area contributed by atoms with Gasteiger partial charge in [-0.15, -0.1) is 0 Å². The number of carbonyl (C=O) groups is 1. The maximum atomic E-state index is 14.7. The number of carbonyl (C=O) groups excluding carboxylic acids is 1. The van der Waals surface area contributed by atoms with E-state index in [4.69, 9.17) is 4.74 Å². The molecule has 0 bridgehead atoms. The molecule has 1 amide bonds. The smallest absolute Gasteiger partial charge is 0.333 e. The summed E-state index contributed by atoms with van der Waals surface area (Å²) in [6, 6.07) is 10.9. The molecule has 196 valence electrons. The number of hydrogen-bond donors (Lipinski definition) is 2. The number of H-pyrrole nitrogens is 1. The number of aromatic amines is 1. The first-order chi connectivity index (χ1) is 18.2. The maximum Gasteiger partial charge on any atom is 0.333 e. The van der Waals surface area contributed by atoms with E-state index in [1.807, 2.05) is 22.6 Å². The number of aromatic nitrogens is 3. The molecule has 3 heterocycles. The Hall–Kier alpha value is -3.78. The Morgan fingerprint density at radius 3 is 2.55 bits per heavy atom. The van der Waals surface area contributed by atoms with Gasteiger partial charge in [0.2, 0.25) is 0 Å². The second kappa shape index (κ2) is 10.2. The molecule has 2 aromatic carbocycles. The van der Waals surface area contributed by atoms with Crippen molar-refractivity contribution in [3.05, 3.63) is 94.2 Å². The number of amides is 1. The second-order valence-electron chi connectivity index (χ2n) is 8.86. The van der Waals surface area contributed by atoms with Crippen LogP contribution in [0.15, 0.2) is 56.8 Å². The average Bonchev–Trinajstić information content (AvgIpc) is 2.91. The molecule has 0 aliphatic carbocycles. The normalized spacial score (nSPS) is 13.6. The van der Waals surface area contributed by atoms with Gasteiger partial charge in [0.1, 0.15) is 17.0 Å². The van der Waals surface area contributed by atoms with Crippen LogP contribution < -0.4 is 22.1 Å². The highest BCUT2D eigenvalue weighted by atomic mass is 127. The predicted octanol–water partition coefficient (Wildman–Crippen LogP) is 2.65. The van der Waals surface area contributed by atoms with E-state index in [1.54, 1.807) is 35.2 Å². The highest BCUT2D eigenvalue weighted by Gasteiger charge is 2.23. The van der Waals surface area contributed by atoms with Gasteiger partial charge in [-0.3, -0.25) is 28.5 Å².